The quantitative estimate of drug-likeness (QED) is 0.328. The van der Waals surface area contributed by atoms with Crippen LogP contribution in [0.5, 0.6) is 5.75 Å². The van der Waals surface area contributed by atoms with Crippen LogP contribution < -0.4 is 15.4 Å². The molecule has 0 aliphatic heterocycles. The molecular formula is C26H39N3O4Si. The molecule has 186 valence electrons. The molecule has 0 bridgehead atoms. The van der Waals surface area contributed by atoms with Crippen LogP contribution in [0, 0.1) is 0 Å². The minimum Gasteiger partial charge on any atom is -0.492 e. The van der Waals surface area contributed by atoms with Gasteiger partial charge in [-0.25, -0.2) is 4.98 Å². The number of ether oxygens (including phenoxy) is 1. The number of aromatic nitrogens is 1. The Morgan fingerprint density at radius 2 is 1.74 bits per heavy atom. The Morgan fingerprint density at radius 1 is 1.06 bits per heavy atom. The predicted octanol–water partition coefficient (Wildman–Crippen LogP) is 4.90. The number of carbonyl (C=O) groups excluding carboxylic acids is 2. The molecule has 1 unspecified atom stereocenters. The third-order valence-corrected chi connectivity index (χ3v) is 10.4. The average molecular weight is 486 g/mol. The van der Waals surface area contributed by atoms with Crippen LogP contribution in [0.3, 0.4) is 0 Å². The first kappa shape index (κ1) is 27.7. The summed E-state index contributed by atoms with van der Waals surface area (Å²) in [5.74, 6) is 1.30. The summed E-state index contributed by atoms with van der Waals surface area (Å²) in [5.41, 5.74) is 1.95. The van der Waals surface area contributed by atoms with Crippen LogP contribution >= 0.6 is 0 Å². The van der Waals surface area contributed by atoms with Crippen molar-refractivity contribution in [1.82, 2.24) is 10.3 Å². The van der Waals surface area contributed by atoms with Crippen molar-refractivity contribution in [2.45, 2.75) is 65.3 Å². The van der Waals surface area contributed by atoms with E-state index in [1.165, 1.54) is 6.92 Å². The van der Waals surface area contributed by atoms with Crippen molar-refractivity contribution in [2.75, 3.05) is 25.0 Å². The topological polar surface area (TPSA) is 89.5 Å². The highest BCUT2D eigenvalue weighted by atomic mass is 28.4. The number of nitrogens with one attached hydrogen (secondary N) is 2. The van der Waals surface area contributed by atoms with Crippen molar-refractivity contribution in [3.8, 4) is 5.75 Å². The van der Waals surface area contributed by atoms with E-state index in [2.05, 4.69) is 49.5 Å². The molecule has 1 aromatic heterocycles. The molecular weight excluding hydrogens is 446 g/mol. The first-order valence-corrected chi connectivity index (χ1v) is 14.6. The van der Waals surface area contributed by atoms with Crippen LogP contribution in [-0.4, -0.2) is 44.7 Å². The van der Waals surface area contributed by atoms with Crippen LogP contribution in [0.2, 0.25) is 18.1 Å². The molecule has 2 N–H and O–H groups in total. The van der Waals surface area contributed by atoms with Gasteiger partial charge in [0, 0.05) is 32.6 Å². The van der Waals surface area contributed by atoms with Gasteiger partial charge >= 0.3 is 0 Å². The number of pyridine rings is 1. The molecule has 0 saturated heterocycles. The summed E-state index contributed by atoms with van der Waals surface area (Å²) in [7, 11) is -2.02. The lowest BCUT2D eigenvalue weighted by Gasteiger charge is -2.39. The smallest absolute Gasteiger partial charge is 0.222 e. The second-order valence-corrected chi connectivity index (χ2v) is 14.9. The van der Waals surface area contributed by atoms with Crippen molar-refractivity contribution in [1.29, 1.82) is 0 Å². The molecule has 0 radical (unpaired) electrons. The highest BCUT2D eigenvalue weighted by Crippen LogP contribution is 2.39. The molecule has 0 aliphatic rings. The van der Waals surface area contributed by atoms with Gasteiger partial charge in [-0.05, 0) is 54.4 Å². The molecule has 34 heavy (non-hydrogen) atoms. The molecule has 1 aromatic carbocycles. The number of Topliss-reactive ketones (excluding diaryl/α,β-unsaturated/α-hetero) is 1. The Hall–Kier alpha value is -2.55. The van der Waals surface area contributed by atoms with Crippen molar-refractivity contribution in [3.05, 3.63) is 53.7 Å². The molecule has 1 heterocycles. The molecule has 7 nitrogen and oxygen atoms in total. The number of carbonyl (C=O) groups is 2. The van der Waals surface area contributed by atoms with E-state index >= 15 is 0 Å². The molecule has 8 heteroatoms. The molecule has 1 amide bonds. The van der Waals surface area contributed by atoms with Crippen LogP contribution in [0.25, 0.3) is 0 Å². The minimum atomic E-state index is -2.02. The Balaban J connectivity index is 1.96. The molecule has 2 aromatic rings. The average Bonchev–Trinajstić information content (AvgIpc) is 2.73. The lowest BCUT2D eigenvalue weighted by molar-refractivity contribution is -0.116. The highest BCUT2D eigenvalue weighted by molar-refractivity contribution is 6.74. The lowest BCUT2D eigenvalue weighted by atomic mass is 10.1. The van der Waals surface area contributed by atoms with E-state index in [0.29, 0.717) is 31.9 Å². The van der Waals surface area contributed by atoms with E-state index in [-0.39, 0.29) is 22.8 Å². The number of benzene rings is 1. The van der Waals surface area contributed by atoms with Gasteiger partial charge in [0.1, 0.15) is 24.0 Å². The zero-order valence-electron chi connectivity index (χ0n) is 21.5. The first-order chi connectivity index (χ1) is 15.9. The van der Waals surface area contributed by atoms with E-state index in [4.69, 9.17) is 9.16 Å². The number of hydrogen-bond donors (Lipinski definition) is 2. The number of ketones is 1. The van der Waals surface area contributed by atoms with Crippen LogP contribution in [0.4, 0.5) is 5.82 Å². The molecule has 0 fully saturated rings. The van der Waals surface area contributed by atoms with Gasteiger partial charge in [0.25, 0.3) is 0 Å². The number of amides is 1. The van der Waals surface area contributed by atoms with Gasteiger partial charge in [0.05, 0.1) is 6.10 Å². The maximum Gasteiger partial charge on any atom is 0.222 e. The van der Waals surface area contributed by atoms with Crippen LogP contribution in [-0.2, 0) is 20.4 Å². The van der Waals surface area contributed by atoms with Crippen LogP contribution in [0.1, 0.15) is 51.8 Å². The Bertz CT molecular complexity index is 938. The summed E-state index contributed by atoms with van der Waals surface area (Å²) in [6.45, 7) is 16.0. The summed E-state index contributed by atoms with van der Waals surface area (Å²) >= 11 is 0. The summed E-state index contributed by atoms with van der Waals surface area (Å²) < 4.78 is 12.5. The van der Waals surface area contributed by atoms with Gasteiger partial charge in [-0.2, -0.15) is 0 Å². The van der Waals surface area contributed by atoms with Crippen molar-refractivity contribution >= 4 is 25.8 Å². The number of anilines is 1. The van der Waals surface area contributed by atoms with E-state index in [1.54, 1.807) is 19.2 Å². The minimum absolute atomic E-state index is 0.0759. The van der Waals surface area contributed by atoms with Gasteiger partial charge in [0.2, 0.25) is 5.91 Å². The van der Waals surface area contributed by atoms with E-state index < -0.39 is 8.32 Å². The second kappa shape index (κ2) is 12.2. The second-order valence-electron chi connectivity index (χ2n) is 10.1. The fourth-order valence-corrected chi connectivity index (χ4v) is 4.36. The highest BCUT2D eigenvalue weighted by Gasteiger charge is 2.39. The molecule has 2 rings (SSSR count). The standard InChI is InChI=1S/C26H39N3O4Si/c1-19(30)16-21-8-11-23(12-9-21)32-15-14-27-18-24(33-34(6,7)26(3,4)5)22-10-13-25(28-17-22)29-20(2)31/h8-13,17,24,27H,14-16,18H2,1-7H3,(H,28,29,31). The monoisotopic (exact) mass is 485 g/mol. The zero-order valence-corrected chi connectivity index (χ0v) is 22.5. The number of nitrogens with zero attached hydrogens (tertiary/aromatic N) is 1. The van der Waals surface area contributed by atoms with E-state index in [9.17, 15) is 9.59 Å². The van der Waals surface area contributed by atoms with Gasteiger partial charge in [-0.15, -0.1) is 0 Å². The summed E-state index contributed by atoms with van der Waals surface area (Å²) in [5, 5.41) is 6.22. The fraction of sp³-hybridized carbons (Fsp3) is 0.500. The zero-order chi connectivity index (χ0) is 25.4. The van der Waals surface area contributed by atoms with E-state index in [0.717, 1.165) is 16.9 Å². The third kappa shape index (κ3) is 9.00. The molecule has 0 saturated carbocycles. The maximum absolute atomic E-state index is 11.3. The van der Waals surface area contributed by atoms with Crippen molar-refractivity contribution in [2.24, 2.45) is 0 Å². The van der Waals surface area contributed by atoms with Gasteiger partial charge in [-0.1, -0.05) is 39.0 Å². The van der Waals surface area contributed by atoms with E-state index in [1.807, 2.05) is 30.3 Å². The van der Waals surface area contributed by atoms with Gasteiger partial charge in [-0.3, -0.25) is 9.59 Å². The summed E-state index contributed by atoms with van der Waals surface area (Å²) in [6, 6.07) is 11.4. The normalized spacial score (nSPS) is 12.8. The molecule has 1 atom stereocenters. The molecule has 0 spiro atoms. The first-order valence-electron chi connectivity index (χ1n) is 11.7. The summed E-state index contributed by atoms with van der Waals surface area (Å²) in [6.07, 6.45) is 2.05. The van der Waals surface area contributed by atoms with Gasteiger partial charge < -0.3 is 19.8 Å². The summed E-state index contributed by atoms with van der Waals surface area (Å²) in [4.78, 5) is 26.9. The Kier molecular flexibility index (Phi) is 9.97. The maximum atomic E-state index is 11.3. The SMILES string of the molecule is CC(=O)Cc1ccc(OCCNCC(O[Si](C)(C)C(C)(C)C)c2ccc(NC(C)=O)nc2)cc1. The Morgan fingerprint density at radius 3 is 2.26 bits per heavy atom. The van der Waals surface area contributed by atoms with Gasteiger partial charge in [0.15, 0.2) is 8.32 Å². The number of hydrogen-bond acceptors (Lipinski definition) is 6. The largest absolute Gasteiger partial charge is 0.492 e. The fourth-order valence-electron chi connectivity index (χ4n) is 3.08. The van der Waals surface area contributed by atoms with Crippen molar-refractivity contribution in [3.63, 3.8) is 0 Å². The lowest BCUT2D eigenvalue weighted by Crippen LogP contribution is -2.43. The molecule has 0 aliphatic carbocycles. The van der Waals surface area contributed by atoms with Crippen molar-refractivity contribution < 1.29 is 18.8 Å². The number of rotatable bonds is 12. The third-order valence-electron chi connectivity index (χ3n) is 5.96. The van der Waals surface area contributed by atoms with Crippen LogP contribution in [0.15, 0.2) is 42.6 Å². The Labute approximate surface area is 204 Å². The predicted molar refractivity (Wildman–Crippen MR) is 139 cm³/mol.